The molecule has 0 unspecified atom stereocenters. The number of aryl methyl sites for hydroxylation is 1. The molecule has 2 rings (SSSR count). The number of rotatable bonds is 3. The third-order valence-electron chi connectivity index (χ3n) is 3.09. The van der Waals surface area contributed by atoms with Crippen LogP contribution >= 0.6 is 11.6 Å². The first-order valence-corrected chi connectivity index (χ1v) is 5.94. The standard InChI is InChI=1S/C10H14ClN3O2/c1-2-8-9(14(15)16)10(11)13(12-8)7-5-3-4-6-7/h7H,2-6H2,1H3. The van der Waals surface area contributed by atoms with Crippen molar-refractivity contribution in [2.24, 2.45) is 0 Å². The van der Waals surface area contributed by atoms with Crippen molar-refractivity contribution in [2.45, 2.75) is 45.1 Å². The van der Waals surface area contributed by atoms with Gasteiger partial charge >= 0.3 is 5.69 Å². The van der Waals surface area contributed by atoms with Gasteiger partial charge in [-0.2, -0.15) is 5.10 Å². The van der Waals surface area contributed by atoms with E-state index in [2.05, 4.69) is 5.10 Å². The molecular formula is C10H14ClN3O2. The fourth-order valence-electron chi connectivity index (χ4n) is 2.26. The Hall–Kier alpha value is -1.10. The van der Waals surface area contributed by atoms with Gasteiger partial charge < -0.3 is 0 Å². The van der Waals surface area contributed by atoms with Crippen molar-refractivity contribution in [3.8, 4) is 0 Å². The molecule has 0 radical (unpaired) electrons. The summed E-state index contributed by atoms with van der Waals surface area (Å²) in [7, 11) is 0. The van der Waals surface area contributed by atoms with Crippen molar-refractivity contribution >= 4 is 17.3 Å². The van der Waals surface area contributed by atoms with Crippen LogP contribution in [0.2, 0.25) is 5.15 Å². The second-order valence-corrected chi connectivity index (χ2v) is 4.44. The van der Waals surface area contributed by atoms with Gasteiger partial charge in [-0.05, 0) is 19.3 Å². The predicted molar refractivity (Wildman–Crippen MR) is 60.8 cm³/mol. The quantitative estimate of drug-likeness (QED) is 0.605. The molecule has 6 heteroatoms. The van der Waals surface area contributed by atoms with Gasteiger partial charge in [-0.1, -0.05) is 31.4 Å². The van der Waals surface area contributed by atoms with E-state index in [0.29, 0.717) is 12.1 Å². The minimum atomic E-state index is -0.431. The Kier molecular flexibility index (Phi) is 3.14. The van der Waals surface area contributed by atoms with E-state index in [1.54, 1.807) is 4.68 Å². The molecule has 0 bridgehead atoms. The molecule has 1 aliphatic rings. The normalized spacial score (nSPS) is 16.9. The minimum absolute atomic E-state index is 0.0175. The zero-order chi connectivity index (χ0) is 11.7. The molecule has 0 spiro atoms. The molecule has 1 aromatic rings. The summed E-state index contributed by atoms with van der Waals surface area (Å²) >= 11 is 6.04. The number of hydrogen-bond donors (Lipinski definition) is 0. The van der Waals surface area contributed by atoms with Crippen LogP contribution in [0.1, 0.15) is 44.3 Å². The lowest BCUT2D eigenvalue weighted by Crippen LogP contribution is -2.06. The monoisotopic (exact) mass is 243 g/mol. The Morgan fingerprint density at radius 1 is 1.56 bits per heavy atom. The molecule has 5 nitrogen and oxygen atoms in total. The van der Waals surface area contributed by atoms with E-state index in [1.807, 2.05) is 6.92 Å². The molecule has 0 saturated heterocycles. The minimum Gasteiger partial charge on any atom is -0.258 e. The van der Waals surface area contributed by atoms with Gasteiger partial charge in [0.25, 0.3) is 0 Å². The van der Waals surface area contributed by atoms with Gasteiger partial charge in [-0.25, -0.2) is 4.68 Å². The zero-order valence-corrected chi connectivity index (χ0v) is 9.90. The van der Waals surface area contributed by atoms with Crippen molar-refractivity contribution in [3.05, 3.63) is 21.0 Å². The van der Waals surface area contributed by atoms with E-state index in [4.69, 9.17) is 11.6 Å². The Morgan fingerprint density at radius 3 is 2.62 bits per heavy atom. The maximum Gasteiger partial charge on any atom is 0.329 e. The van der Waals surface area contributed by atoms with Gasteiger partial charge in [0.2, 0.25) is 5.15 Å². The van der Waals surface area contributed by atoms with Gasteiger partial charge in [0.15, 0.2) is 0 Å². The maximum atomic E-state index is 10.9. The van der Waals surface area contributed by atoms with Gasteiger partial charge in [0.1, 0.15) is 5.69 Å². The van der Waals surface area contributed by atoms with Crippen LogP contribution in [0.5, 0.6) is 0 Å². The van der Waals surface area contributed by atoms with Crippen molar-refractivity contribution in [1.29, 1.82) is 0 Å². The van der Waals surface area contributed by atoms with E-state index < -0.39 is 4.92 Å². The van der Waals surface area contributed by atoms with Gasteiger partial charge in [-0.3, -0.25) is 10.1 Å². The number of aromatic nitrogens is 2. The van der Waals surface area contributed by atoms with E-state index in [-0.39, 0.29) is 16.9 Å². The summed E-state index contributed by atoms with van der Waals surface area (Å²) in [6.45, 7) is 1.85. The molecule has 0 N–H and O–H groups in total. The SMILES string of the molecule is CCc1nn(C2CCCC2)c(Cl)c1[N+](=O)[O-]. The first-order chi connectivity index (χ1) is 7.65. The molecular weight excluding hydrogens is 230 g/mol. The number of hydrogen-bond acceptors (Lipinski definition) is 3. The average Bonchev–Trinajstić information content (AvgIpc) is 2.83. The summed E-state index contributed by atoms with van der Waals surface area (Å²) in [5, 5.41) is 15.4. The lowest BCUT2D eigenvalue weighted by molar-refractivity contribution is -0.385. The molecule has 0 atom stereocenters. The van der Waals surface area contributed by atoms with Crippen LogP contribution < -0.4 is 0 Å². The molecule has 1 fully saturated rings. The average molecular weight is 244 g/mol. The summed E-state index contributed by atoms with van der Waals surface area (Å²) in [4.78, 5) is 10.5. The van der Waals surface area contributed by atoms with E-state index in [9.17, 15) is 10.1 Å². The molecule has 0 amide bonds. The smallest absolute Gasteiger partial charge is 0.258 e. The summed E-state index contributed by atoms with van der Waals surface area (Å²) in [6.07, 6.45) is 4.87. The fourth-order valence-corrected chi connectivity index (χ4v) is 2.61. The van der Waals surface area contributed by atoms with Crippen molar-refractivity contribution in [3.63, 3.8) is 0 Å². The van der Waals surface area contributed by atoms with Crippen LogP contribution in [0.4, 0.5) is 5.69 Å². The summed E-state index contributed by atoms with van der Waals surface area (Å²) in [6, 6.07) is 0.242. The number of halogens is 1. The molecule has 16 heavy (non-hydrogen) atoms. The molecule has 0 aromatic carbocycles. The van der Waals surface area contributed by atoms with Crippen molar-refractivity contribution in [1.82, 2.24) is 9.78 Å². The third kappa shape index (κ3) is 1.80. The third-order valence-corrected chi connectivity index (χ3v) is 3.44. The molecule has 88 valence electrons. The Morgan fingerprint density at radius 2 is 2.19 bits per heavy atom. The Balaban J connectivity index is 2.42. The number of nitrogens with zero attached hydrogens (tertiary/aromatic N) is 3. The van der Waals surface area contributed by atoms with Gasteiger partial charge in [0.05, 0.1) is 11.0 Å². The second-order valence-electron chi connectivity index (χ2n) is 4.08. The second kappa shape index (κ2) is 4.41. The Bertz CT molecular complexity index is 410. The number of nitro groups is 1. The van der Waals surface area contributed by atoms with Crippen LogP contribution in [0.25, 0.3) is 0 Å². The zero-order valence-electron chi connectivity index (χ0n) is 9.15. The van der Waals surface area contributed by atoms with E-state index in [0.717, 1.165) is 25.7 Å². The molecule has 0 aliphatic heterocycles. The van der Waals surface area contributed by atoms with Gasteiger partial charge in [0, 0.05) is 0 Å². The van der Waals surface area contributed by atoms with Crippen molar-refractivity contribution in [2.75, 3.05) is 0 Å². The highest BCUT2D eigenvalue weighted by atomic mass is 35.5. The Labute approximate surface area is 98.5 Å². The highest BCUT2D eigenvalue weighted by Crippen LogP contribution is 2.36. The van der Waals surface area contributed by atoms with Crippen LogP contribution in [-0.2, 0) is 6.42 Å². The molecule has 1 heterocycles. The highest BCUT2D eigenvalue weighted by molar-refractivity contribution is 6.31. The first-order valence-electron chi connectivity index (χ1n) is 5.56. The molecule has 1 aromatic heterocycles. The largest absolute Gasteiger partial charge is 0.329 e. The fraction of sp³-hybridized carbons (Fsp3) is 0.700. The predicted octanol–water partition coefficient (Wildman–Crippen LogP) is 3.12. The lowest BCUT2D eigenvalue weighted by atomic mass is 10.2. The van der Waals surface area contributed by atoms with Crippen molar-refractivity contribution < 1.29 is 4.92 Å². The summed E-state index contributed by atoms with van der Waals surface area (Å²) < 4.78 is 1.64. The molecule has 1 aliphatic carbocycles. The first kappa shape index (κ1) is 11.4. The van der Waals surface area contributed by atoms with E-state index in [1.165, 1.54) is 0 Å². The van der Waals surface area contributed by atoms with E-state index >= 15 is 0 Å². The summed E-state index contributed by atoms with van der Waals surface area (Å²) in [5.41, 5.74) is 0.470. The van der Waals surface area contributed by atoms with Crippen LogP contribution in [0.3, 0.4) is 0 Å². The lowest BCUT2D eigenvalue weighted by Gasteiger charge is -2.09. The summed E-state index contributed by atoms with van der Waals surface area (Å²) in [5.74, 6) is 0. The van der Waals surface area contributed by atoms with Crippen LogP contribution in [0, 0.1) is 10.1 Å². The maximum absolute atomic E-state index is 10.9. The topological polar surface area (TPSA) is 61.0 Å². The van der Waals surface area contributed by atoms with Gasteiger partial charge in [-0.15, -0.1) is 0 Å². The van der Waals surface area contributed by atoms with Crippen LogP contribution in [0.15, 0.2) is 0 Å². The molecule has 1 saturated carbocycles. The van der Waals surface area contributed by atoms with Crippen LogP contribution in [-0.4, -0.2) is 14.7 Å². The highest BCUT2D eigenvalue weighted by Gasteiger charge is 2.29.